The molecule has 1 heterocycles. The first-order valence-corrected chi connectivity index (χ1v) is 4.38. The number of rotatable bonds is 0. The van der Waals surface area contributed by atoms with Crippen molar-refractivity contribution in [2.24, 2.45) is 0 Å². The largest absolute Gasteiger partial charge is 0.490 e. The zero-order chi connectivity index (χ0) is 9.42. The van der Waals surface area contributed by atoms with Gasteiger partial charge in [-0.15, -0.1) is 11.6 Å². The van der Waals surface area contributed by atoms with Crippen LogP contribution in [0.3, 0.4) is 0 Å². The summed E-state index contributed by atoms with van der Waals surface area (Å²) in [6, 6.07) is 2.53. The minimum absolute atomic E-state index is 0.0359. The fourth-order valence-electron chi connectivity index (χ4n) is 1.36. The van der Waals surface area contributed by atoms with Gasteiger partial charge in [-0.1, -0.05) is 6.07 Å². The number of alkyl halides is 1. The molecule has 1 aliphatic rings. The van der Waals surface area contributed by atoms with Crippen molar-refractivity contribution in [2.75, 3.05) is 6.61 Å². The van der Waals surface area contributed by atoms with E-state index in [4.69, 9.17) is 16.3 Å². The van der Waals surface area contributed by atoms with E-state index in [9.17, 15) is 8.78 Å². The van der Waals surface area contributed by atoms with Crippen molar-refractivity contribution in [1.82, 2.24) is 0 Å². The van der Waals surface area contributed by atoms with Crippen LogP contribution in [0.5, 0.6) is 5.75 Å². The molecule has 0 aromatic heterocycles. The minimum atomic E-state index is -0.942. The SMILES string of the molecule is Fc1ccc2c(c1F)OCCC2Cl. The van der Waals surface area contributed by atoms with Crippen LogP contribution in [0.25, 0.3) is 0 Å². The van der Waals surface area contributed by atoms with E-state index in [0.29, 0.717) is 18.6 Å². The maximum atomic E-state index is 13.1. The summed E-state index contributed by atoms with van der Waals surface area (Å²) in [6.45, 7) is 0.335. The third-order valence-electron chi connectivity index (χ3n) is 2.04. The van der Waals surface area contributed by atoms with Crippen molar-refractivity contribution in [1.29, 1.82) is 0 Å². The Morgan fingerprint density at radius 1 is 1.38 bits per heavy atom. The normalized spacial score (nSPS) is 20.7. The van der Waals surface area contributed by atoms with Gasteiger partial charge in [0.2, 0.25) is 5.82 Å². The third kappa shape index (κ3) is 1.37. The van der Waals surface area contributed by atoms with Crippen LogP contribution < -0.4 is 4.74 Å². The highest BCUT2D eigenvalue weighted by molar-refractivity contribution is 6.21. The third-order valence-corrected chi connectivity index (χ3v) is 2.49. The van der Waals surface area contributed by atoms with Crippen LogP contribution in [0.2, 0.25) is 0 Å². The van der Waals surface area contributed by atoms with Crippen molar-refractivity contribution >= 4 is 11.6 Å². The lowest BCUT2D eigenvalue weighted by molar-refractivity contribution is 0.265. The van der Waals surface area contributed by atoms with Crippen LogP contribution in [0.15, 0.2) is 12.1 Å². The molecule has 0 N–H and O–H groups in total. The van der Waals surface area contributed by atoms with Gasteiger partial charge in [0, 0.05) is 12.0 Å². The summed E-state index contributed by atoms with van der Waals surface area (Å²) in [6.07, 6.45) is 0.625. The molecule has 1 atom stereocenters. The Bertz CT molecular complexity index is 341. The average Bonchev–Trinajstić information content (AvgIpc) is 2.12. The van der Waals surface area contributed by atoms with Gasteiger partial charge in [0.1, 0.15) is 0 Å². The van der Waals surface area contributed by atoms with Gasteiger partial charge in [-0.25, -0.2) is 4.39 Å². The highest BCUT2D eigenvalue weighted by Gasteiger charge is 2.24. The molecule has 0 saturated heterocycles. The number of hydrogen-bond acceptors (Lipinski definition) is 1. The molecule has 70 valence electrons. The molecule has 2 rings (SSSR count). The van der Waals surface area contributed by atoms with Crippen molar-refractivity contribution in [3.05, 3.63) is 29.3 Å². The van der Waals surface area contributed by atoms with Gasteiger partial charge in [0.05, 0.1) is 12.0 Å². The van der Waals surface area contributed by atoms with E-state index in [-0.39, 0.29) is 11.1 Å². The van der Waals surface area contributed by atoms with Crippen LogP contribution in [-0.2, 0) is 0 Å². The molecule has 1 nitrogen and oxygen atoms in total. The highest BCUT2D eigenvalue weighted by Crippen LogP contribution is 2.38. The van der Waals surface area contributed by atoms with Crippen LogP contribution >= 0.6 is 11.6 Å². The van der Waals surface area contributed by atoms with E-state index >= 15 is 0 Å². The maximum Gasteiger partial charge on any atom is 0.200 e. The Balaban J connectivity index is 2.56. The van der Waals surface area contributed by atoms with Crippen molar-refractivity contribution in [3.63, 3.8) is 0 Å². The fraction of sp³-hybridized carbons (Fsp3) is 0.333. The van der Waals surface area contributed by atoms with Gasteiger partial charge < -0.3 is 4.74 Å². The zero-order valence-corrected chi connectivity index (χ0v) is 7.44. The molecule has 1 aliphatic heterocycles. The Morgan fingerprint density at radius 3 is 2.92 bits per heavy atom. The van der Waals surface area contributed by atoms with Gasteiger partial charge in [-0.2, -0.15) is 4.39 Å². The lowest BCUT2D eigenvalue weighted by Gasteiger charge is -2.21. The molecule has 1 aromatic rings. The van der Waals surface area contributed by atoms with Crippen molar-refractivity contribution in [2.45, 2.75) is 11.8 Å². The molecule has 1 aromatic carbocycles. The topological polar surface area (TPSA) is 9.23 Å². The molecule has 0 aliphatic carbocycles. The molecule has 0 spiro atoms. The predicted octanol–water partition coefficient (Wildman–Crippen LogP) is 3.03. The summed E-state index contributed by atoms with van der Waals surface area (Å²) in [5.41, 5.74) is 0.534. The summed E-state index contributed by atoms with van der Waals surface area (Å²) >= 11 is 5.90. The maximum absolute atomic E-state index is 13.1. The number of hydrogen-bond donors (Lipinski definition) is 0. The Kier molecular flexibility index (Phi) is 2.12. The average molecular weight is 205 g/mol. The molecular weight excluding hydrogens is 198 g/mol. The van der Waals surface area contributed by atoms with E-state index in [1.54, 1.807) is 0 Å². The zero-order valence-electron chi connectivity index (χ0n) is 6.69. The van der Waals surface area contributed by atoms with Crippen molar-refractivity contribution in [3.8, 4) is 5.75 Å². The standard InChI is InChI=1S/C9H7ClF2O/c10-6-3-4-13-9-5(6)1-2-7(11)8(9)12/h1-2,6H,3-4H2. The molecule has 13 heavy (non-hydrogen) atoms. The van der Waals surface area contributed by atoms with E-state index in [0.717, 1.165) is 6.07 Å². The molecule has 0 fully saturated rings. The monoisotopic (exact) mass is 204 g/mol. The first-order valence-electron chi connectivity index (χ1n) is 3.95. The molecule has 0 amide bonds. The first kappa shape index (κ1) is 8.75. The smallest absolute Gasteiger partial charge is 0.200 e. The number of halogens is 3. The Hall–Kier alpha value is -0.830. The van der Waals surface area contributed by atoms with Gasteiger partial charge in [0.15, 0.2) is 11.6 Å². The second kappa shape index (κ2) is 3.14. The van der Waals surface area contributed by atoms with E-state index in [2.05, 4.69) is 0 Å². The van der Waals surface area contributed by atoms with E-state index < -0.39 is 11.6 Å². The molecule has 4 heteroatoms. The summed E-state index contributed by atoms with van der Waals surface area (Å²) < 4.78 is 30.8. The number of ether oxygens (including phenoxy) is 1. The molecule has 1 unspecified atom stereocenters. The minimum Gasteiger partial charge on any atom is -0.490 e. The number of benzene rings is 1. The summed E-state index contributed by atoms with van der Waals surface area (Å²) in [7, 11) is 0. The van der Waals surface area contributed by atoms with Gasteiger partial charge in [-0.05, 0) is 6.07 Å². The fourth-order valence-corrected chi connectivity index (χ4v) is 1.62. The molecular formula is C9H7ClF2O. The van der Waals surface area contributed by atoms with Gasteiger partial charge in [0.25, 0.3) is 0 Å². The van der Waals surface area contributed by atoms with E-state index in [1.807, 2.05) is 0 Å². The Morgan fingerprint density at radius 2 is 2.15 bits per heavy atom. The first-order chi connectivity index (χ1) is 6.20. The predicted molar refractivity (Wildman–Crippen MR) is 45.1 cm³/mol. The highest BCUT2D eigenvalue weighted by atomic mass is 35.5. The van der Waals surface area contributed by atoms with Crippen molar-refractivity contribution < 1.29 is 13.5 Å². The van der Waals surface area contributed by atoms with Gasteiger partial charge >= 0.3 is 0 Å². The summed E-state index contributed by atoms with van der Waals surface area (Å²) in [5, 5.41) is -0.279. The van der Waals surface area contributed by atoms with Crippen LogP contribution in [0.4, 0.5) is 8.78 Å². The summed E-state index contributed by atoms with van der Waals surface area (Å²) in [5.74, 6) is -1.88. The van der Waals surface area contributed by atoms with Crippen LogP contribution in [0, 0.1) is 11.6 Å². The lowest BCUT2D eigenvalue weighted by atomic mass is 10.1. The van der Waals surface area contributed by atoms with Crippen LogP contribution in [0.1, 0.15) is 17.4 Å². The van der Waals surface area contributed by atoms with E-state index in [1.165, 1.54) is 6.07 Å². The summed E-state index contributed by atoms with van der Waals surface area (Å²) in [4.78, 5) is 0. The molecule has 0 radical (unpaired) electrons. The van der Waals surface area contributed by atoms with Crippen LogP contribution in [-0.4, -0.2) is 6.61 Å². The molecule has 0 bridgehead atoms. The molecule has 0 saturated carbocycles. The number of fused-ring (bicyclic) bond motifs is 1. The second-order valence-corrected chi connectivity index (χ2v) is 3.41. The lowest BCUT2D eigenvalue weighted by Crippen LogP contribution is -2.12. The van der Waals surface area contributed by atoms with Gasteiger partial charge in [-0.3, -0.25) is 0 Å². The quantitative estimate of drug-likeness (QED) is 0.591. The Labute approximate surface area is 79.3 Å². The second-order valence-electron chi connectivity index (χ2n) is 2.88.